The van der Waals surface area contributed by atoms with Crippen LogP contribution in [0, 0.1) is 5.92 Å². The Labute approximate surface area is 108 Å². The average molecular weight is 247 g/mol. The first-order chi connectivity index (χ1) is 8.58. The van der Waals surface area contributed by atoms with Crippen LogP contribution in [0.4, 0.5) is 11.4 Å². The quantitative estimate of drug-likeness (QED) is 0.781. The zero-order valence-corrected chi connectivity index (χ0v) is 11.1. The van der Waals surface area contributed by atoms with Gasteiger partial charge in [-0.3, -0.25) is 4.79 Å². The summed E-state index contributed by atoms with van der Waals surface area (Å²) >= 11 is 0. The molecule has 0 unspecified atom stereocenters. The Morgan fingerprint density at radius 1 is 1.44 bits per heavy atom. The van der Waals surface area contributed by atoms with E-state index in [1.165, 1.54) is 12.8 Å². The minimum Gasteiger partial charge on any atom is -0.399 e. The highest BCUT2D eigenvalue weighted by Crippen LogP contribution is 2.31. The fraction of sp³-hybridized carbons (Fsp3) is 0.500. The summed E-state index contributed by atoms with van der Waals surface area (Å²) in [6.07, 6.45) is 3.72. The maximum absolute atomic E-state index is 12.1. The van der Waals surface area contributed by atoms with E-state index in [0.29, 0.717) is 11.3 Å². The molecule has 0 aromatic heterocycles. The topological polar surface area (TPSA) is 58.4 Å². The van der Waals surface area contributed by atoms with Gasteiger partial charge in [-0.2, -0.15) is 0 Å². The standard InChI is InChI=1S/C14H21N3O/c1-17(2)13-6-5-11(15)9-12(13)14(18)16-8-7-10-3-4-10/h5-6,9-10H,3-4,7-8,15H2,1-2H3,(H,16,18). The molecule has 1 aromatic rings. The van der Waals surface area contributed by atoms with Crippen molar-refractivity contribution in [3.8, 4) is 0 Å². The molecular weight excluding hydrogens is 226 g/mol. The molecule has 4 heteroatoms. The molecule has 4 nitrogen and oxygen atoms in total. The third kappa shape index (κ3) is 3.15. The molecule has 0 saturated heterocycles. The van der Waals surface area contributed by atoms with E-state index in [4.69, 9.17) is 5.73 Å². The number of hydrogen-bond donors (Lipinski definition) is 2. The second-order valence-electron chi connectivity index (χ2n) is 5.16. The highest BCUT2D eigenvalue weighted by Gasteiger charge is 2.21. The first-order valence-corrected chi connectivity index (χ1v) is 6.43. The van der Waals surface area contributed by atoms with Gasteiger partial charge in [-0.1, -0.05) is 12.8 Å². The summed E-state index contributed by atoms with van der Waals surface area (Å²) in [5.41, 5.74) is 7.92. The fourth-order valence-electron chi connectivity index (χ4n) is 2.02. The number of amides is 1. The summed E-state index contributed by atoms with van der Waals surface area (Å²) in [6, 6.07) is 5.43. The minimum absolute atomic E-state index is 0.0355. The van der Waals surface area contributed by atoms with Gasteiger partial charge < -0.3 is 16.0 Å². The number of carbonyl (C=O) groups excluding carboxylic acids is 1. The van der Waals surface area contributed by atoms with Crippen LogP contribution in [0.5, 0.6) is 0 Å². The number of benzene rings is 1. The van der Waals surface area contributed by atoms with Crippen molar-refractivity contribution in [3.05, 3.63) is 23.8 Å². The van der Waals surface area contributed by atoms with Gasteiger partial charge in [0.05, 0.1) is 5.56 Å². The van der Waals surface area contributed by atoms with Gasteiger partial charge in [-0.15, -0.1) is 0 Å². The molecule has 1 aromatic carbocycles. The molecule has 3 N–H and O–H groups in total. The number of nitrogens with zero attached hydrogens (tertiary/aromatic N) is 1. The summed E-state index contributed by atoms with van der Waals surface area (Å²) in [7, 11) is 3.85. The van der Waals surface area contributed by atoms with Gasteiger partial charge in [0.25, 0.3) is 5.91 Å². The molecule has 0 bridgehead atoms. The molecule has 1 aliphatic rings. The number of hydrogen-bond acceptors (Lipinski definition) is 3. The zero-order chi connectivity index (χ0) is 13.1. The predicted molar refractivity (Wildman–Crippen MR) is 74.9 cm³/mol. The summed E-state index contributed by atoms with van der Waals surface area (Å²) in [5, 5.41) is 2.97. The third-order valence-electron chi connectivity index (χ3n) is 3.28. The Morgan fingerprint density at radius 2 is 2.17 bits per heavy atom. The molecule has 0 radical (unpaired) electrons. The molecule has 0 aliphatic heterocycles. The van der Waals surface area contributed by atoms with E-state index in [1.54, 1.807) is 6.07 Å². The molecular formula is C14H21N3O. The van der Waals surface area contributed by atoms with E-state index in [0.717, 1.165) is 24.6 Å². The number of carbonyl (C=O) groups is 1. The van der Waals surface area contributed by atoms with E-state index in [-0.39, 0.29) is 5.91 Å². The Kier molecular flexibility index (Phi) is 3.75. The van der Waals surface area contributed by atoms with Crippen molar-refractivity contribution in [1.29, 1.82) is 0 Å². The van der Waals surface area contributed by atoms with Gasteiger partial charge in [0.2, 0.25) is 0 Å². The lowest BCUT2D eigenvalue weighted by Gasteiger charge is -2.17. The predicted octanol–water partition coefficient (Wildman–Crippen LogP) is 1.86. The maximum atomic E-state index is 12.1. The summed E-state index contributed by atoms with van der Waals surface area (Å²) in [6.45, 7) is 0.755. The summed E-state index contributed by atoms with van der Waals surface area (Å²) in [4.78, 5) is 14.1. The van der Waals surface area contributed by atoms with Crippen molar-refractivity contribution in [2.75, 3.05) is 31.3 Å². The van der Waals surface area contributed by atoms with Crippen LogP contribution in [0.3, 0.4) is 0 Å². The fourth-order valence-corrected chi connectivity index (χ4v) is 2.02. The number of nitrogen functional groups attached to an aromatic ring is 1. The Hall–Kier alpha value is -1.71. The molecule has 1 aliphatic carbocycles. The van der Waals surface area contributed by atoms with Crippen molar-refractivity contribution in [2.45, 2.75) is 19.3 Å². The second-order valence-corrected chi connectivity index (χ2v) is 5.16. The zero-order valence-electron chi connectivity index (χ0n) is 11.1. The number of rotatable bonds is 5. The van der Waals surface area contributed by atoms with Crippen LogP contribution in [0.1, 0.15) is 29.6 Å². The van der Waals surface area contributed by atoms with Crippen LogP contribution >= 0.6 is 0 Å². The van der Waals surface area contributed by atoms with Crippen LogP contribution in [0.25, 0.3) is 0 Å². The van der Waals surface area contributed by atoms with E-state index in [1.807, 2.05) is 31.1 Å². The van der Waals surface area contributed by atoms with E-state index in [2.05, 4.69) is 5.32 Å². The van der Waals surface area contributed by atoms with Crippen molar-refractivity contribution < 1.29 is 4.79 Å². The van der Waals surface area contributed by atoms with Crippen molar-refractivity contribution in [2.24, 2.45) is 5.92 Å². The van der Waals surface area contributed by atoms with Gasteiger partial charge >= 0.3 is 0 Å². The summed E-state index contributed by atoms with van der Waals surface area (Å²) < 4.78 is 0. The van der Waals surface area contributed by atoms with Gasteiger partial charge in [0.1, 0.15) is 0 Å². The van der Waals surface area contributed by atoms with Crippen LogP contribution in [-0.4, -0.2) is 26.5 Å². The van der Waals surface area contributed by atoms with Crippen LogP contribution in [-0.2, 0) is 0 Å². The Morgan fingerprint density at radius 3 is 2.78 bits per heavy atom. The number of anilines is 2. The lowest BCUT2D eigenvalue weighted by Crippen LogP contribution is -2.27. The van der Waals surface area contributed by atoms with Gasteiger partial charge in [0, 0.05) is 32.0 Å². The molecule has 1 saturated carbocycles. The van der Waals surface area contributed by atoms with Gasteiger partial charge in [0.15, 0.2) is 0 Å². The molecule has 0 heterocycles. The Balaban J connectivity index is 2.04. The molecule has 0 atom stereocenters. The normalized spacial score (nSPS) is 14.3. The van der Waals surface area contributed by atoms with Gasteiger partial charge in [-0.25, -0.2) is 0 Å². The first kappa shape index (κ1) is 12.7. The van der Waals surface area contributed by atoms with Crippen molar-refractivity contribution in [3.63, 3.8) is 0 Å². The number of nitrogens with two attached hydrogens (primary N) is 1. The molecule has 1 fully saturated rings. The van der Waals surface area contributed by atoms with Gasteiger partial charge in [-0.05, 0) is 30.5 Å². The molecule has 0 spiro atoms. The lowest BCUT2D eigenvalue weighted by atomic mass is 10.1. The van der Waals surface area contributed by atoms with Crippen LogP contribution < -0.4 is 16.0 Å². The van der Waals surface area contributed by atoms with E-state index >= 15 is 0 Å². The molecule has 2 rings (SSSR count). The Bertz CT molecular complexity index is 439. The smallest absolute Gasteiger partial charge is 0.253 e. The largest absolute Gasteiger partial charge is 0.399 e. The first-order valence-electron chi connectivity index (χ1n) is 6.43. The highest BCUT2D eigenvalue weighted by atomic mass is 16.1. The monoisotopic (exact) mass is 247 g/mol. The van der Waals surface area contributed by atoms with E-state index in [9.17, 15) is 4.79 Å². The molecule has 1 amide bonds. The van der Waals surface area contributed by atoms with Crippen molar-refractivity contribution >= 4 is 17.3 Å². The molecule has 98 valence electrons. The van der Waals surface area contributed by atoms with Crippen LogP contribution in [0.2, 0.25) is 0 Å². The average Bonchev–Trinajstić information content (AvgIpc) is 3.12. The third-order valence-corrected chi connectivity index (χ3v) is 3.28. The summed E-state index contributed by atoms with van der Waals surface area (Å²) in [5.74, 6) is 0.797. The highest BCUT2D eigenvalue weighted by molar-refractivity contribution is 6.00. The number of nitrogens with one attached hydrogen (secondary N) is 1. The van der Waals surface area contributed by atoms with Crippen molar-refractivity contribution in [1.82, 2.24) is 5.32 Å². The SMILES string of the molecule is CN(C)c1ccc(N)cc1C(=O)NCCC1CC1. The van der Waals surface area contributed by atoms with E-state index < -0.39 is 0 Å². The lowest BCUT2D eigenvalue weighted by molar-refractivity contribution is 0.0953. The van der Waals surface area contributed by atoms with Crippen LogP contribution in [0.15, 0.2) is 18.2 Å². The maximum Gasteiger partial charge on any atom is 0.253 e. The second kappa shape index (κ2) is 5.29. The minimum atomic E-state index is -0.0355. The molecule has 18 heavy (non-hydrogen) atoms.